The van der Waals surface area contributed by atoms with E-state index in [0.29, 0.717) is 0 Å². The molecular formula is C3S2Se3. The third kappa shape index (κ3) is 1.79. The molecule has 1 aromatic rings. The van der Waals surface area contributed by atoms with E-state index in [-0.39, 0.29) is 0 Å². The molecule has 0 fully saturated rings. The van der Waals surface area contributed by atoms with Gasteiger partial charge in [0.05, 0.1) is 0 Å². The van der Waals surface area contributed by atoms with Crippen LogP contribution in [0.2, 0.25) is 0 Å². The van der Waals surface area contributed by atoms with E-state index < -0.39 is 0 Å². The average Bonchev–Trinajstić information content (AvgIpc) is 1.85. The Hall–Kier alpha value is 1.61. The van der Waals surface area contributed by atoms with Crippen LogP contribution in [0, 0.1) is 2.69 Å². The molecular weight excluding hydrogens is 337 g/mol. The van der Waals surface area contributed by atoms with Gasteiger partial charge in [0, 0.05) is 0 Å². The van der Waals surface area contributed by atoms with Crippen LogP contribution in [0.4, 0.5) is 0 Å². The van der Waals surface area contributed by atoms with E-state index in [1.54, 1.807) is 22.7 Å². The van der Waals surface area contributed by atoms with Crippen molar-refractivity contribution in [3.63, 3.8) is 0 Å². The molecule has 0 aliphatic carbocycles. The number of hydrogen-bond acceptors (Lipinski definition) is 2. The van der Waals surface area contributed by atoms with Gasteiger partial charge in [-0.1, -0.05) is 0 Å². The van der Waals surface area contributed by atoms with Crippen molar-refractivity contribution < 1.29 is 0 Å². The van der Waals surface area contributed by atoms with Crippen LogP contribution in [0.15, 0.2) is 0 Å². The molecule has 8 heavy (non-hydrogen) atoms. The molecule has 0 spiro atoms. The Kier molecular flexibility index (Phi) is 3.02. The molecule has 5 heteroatoms. The first kappa shape index (κ1) is 7.71. The monoisotopic (exact) mass is 340 g/mol. The Morgan fingerprint density at radius 1 is 1.00 bits per heavy atom. The second-order valence-corrected chi connectivity index (χ2v) is 8.23. The molecule has 0 unspecified atom stereocenters. The summed E-state index contributed by atoms with van der Waals surface area (Å²) in [6.45, 7) is 0. The van der Waals surface area contributed by atoms with Crippen molar-refractivity contribution in [2.24, 2.45) is 0 Å². The molecule has 0 atom stereocenters. The van der Waals surface area contributed by atoms with Gasteiger partial charge in [0.1, 0.15) is 0 Å². The molecule has 1 heterocycles. The van der Waals surface area contributed by atoms with Crippen molar-refractivity contribution in [1.29, 1.82) is 0 Å². The van der Waals surface area contributed by atoms with E-state index >= 15 is 0 Å². The summed E-state index contributed by atoms with van der Waals surface area (Å²) in [5.41, 5.74) is 0. The molecule has 0 saturated heterocycles. The molecule has 0 aliphatic heterocycles. The standard InChI is InChI=1S/C3S2Se3/c6-1-2(7)5-3(8)4-1. The Bertz CT molecular complexity index is 212. The number of hydrogen-bond donors (Lipinski definition) is 0. The minimum absolute atomic E-state index is 1.25. The van der Waals surface area contributed by atoms with Crippen molar-refractivity contribution in [3.05, 3.63) is 2.69 Å². The second-order valence-electron chi connectivity index (χ2n) is 1.03. The fraction of sp³-hybridized carbons (Fsp3) is 0. The van der Waals surface area contributed by atoms with Crippen LogP contribution in [-0.4, -0.2) is 47.6 Å². The summed E-state index contributed by atoms with van der Waals surface area (Å²) in [4.78, 5) is 0. The molecule has 0 aromatic carbocycles. The summed E-state index contributed by atoms with van der Waals surface area (Å²) in [7, 11) is 0. The summed E-state index contributed by atoms with van der Waals surface area (Å²) in [6.07, 6.45) is 0. The van der Waals surface area contributed by atoms with Crippen molar-refractivity contribution in [2.75, 3.05) is 0 Å². The Morgan fingerprint density at radius 3 is 1.50 bits per heavy atom. The van der Waals surface area contributed by atoms with Crippen molar-refractivity contribution in [2.45, 2.75) is 0 Å². The fourth-order valence-corrected chi connectivity index (χ4v) is 6.58. The normalized spacial score (nSPS) is 9.50. The zero-order valence-corrected chi connectivity index (χ0v) is 10.3. The summed E-state index contributed by atoms with van der Waals surface area (Å²) in [6, 6.07) is 0. The van der Waals surface area contributed by atoms with Crippen LogP contribution < -0.4 is 7.55 Å². The minimum atomic E-state index is 1.25. The first-order chi connectivity index (χ1) is 3.70. The van der Waals surface area contributed by atoms with Gasteiger partial charge in [0.2, 0.25) is 0 Å². The van der Waals surface area contributed by atoms with E-state index in [2.05, 4.69) is 47.6 Å². The number of rotatable bonds is 0. The van der Waals surface area contributed by atoms with Crippen molar-refractivity contribution >= 4 is 77.8 Å². The molecule has 0 aliphatic rings. The van der Waals surface area contributed by atoms with E-state index in [9.17, 15) is 0 Å². The average molecular weight is 337 g/mol. The predicted molar refractivity (Wildman–Crippen MR) is 42.0 cm³/mol. The molecule has 1 rings (SSSR count). The van der Waals surface area contributed by atoms with Crippen LogP contribution >= 0.6 is 22.7 Å². The van der Waals surface area contributed by atoms with Gasteiger partial charge < -0.3 is 0 Å². The molecule has 1 aromatic heterocycles. The van der Waals surface area contributed by atoms with Gasteiger partial charge in [-0.15, -0.1) is 0 Å². The molecule has 0 bridgehead atoms. The maximum atomic E-state index is 2.97. The summed E-state index contributed by atoms with van der Waals surface area (Å²) < 4.78 is 3.78. The van der Waals surface area contributed by atoms with Crippen LogP contribution in [0.3, 0.4) is 0 Å². The van der Waals surface area contributed by atoms with Gasteiger partial charge in [-0.25, -0.2) is 0 Å². The van der Waals surface area contributed by atoms with Gasteiger partial charge in [-0.2, -0.15) is 0 Å². The topological polar surface area (TPSA) is 0 Å². The van der Waals surface area contributed by atoms with Crippen LogP contribution in [0.5, 0.6) is 0 Å². The fourth-order valence-electron chi connectivity index (χ4n) is 0.256. The Balaban J connectivity index is 3.35. The predicted octanol–water partition coefficient (Wildman–Crippen LogP) is -0.902. The second kappa shape index (κ2) is 3.13. The third-order valence-corrected chi connectivity index (χ3v) is 6.45. The van der Waals surface area contributed by atoms with E-state index in [4.69, 9.17) is 0 Å². The van der Waals surface area contributed by atoms with Crippen LogP contribution in [0.25, 0.3) is 0 Å². The maximum absolute atomic E-state index is 2.97. The van der Waals surface area contributed by atoms with E-state index in [1.165, 1.54) is 10.2 Å². The van der Waals surface area contributed by atoms with Crippen LogP contribution in [-0.2, 0) is 0 Å². The van der Waals surface area contributed by atoms with E-state index in [0.717, 1.165) is 0 Å². The van der Waals surface area contributed by atoms with Crippen LogP contribution in [0.1, 0.15) is 0 Å². The quantitative estimate of drug-likeness (QED) is 0.539. The molecule has 0 amide bonds. The Morgan fingerprint density at radius 2 is 1.38 bits per heavy atom. The molecule has 0 nitrogen and oxygen atoms in total. The third-order valence-electron chi connectivity index (χ3n) is 0.519. The molecule has 0 N–H and O–H groups in total. The SMILES string of the molecule is [Se]c1sc(=[Se])sc1[Se]. The van der Waals surface area contributed by atoms with E-state index in [1.807, 2.05) is 0 Å². The summed E-state index contributed by atoms with van der Waals surface area (Å²) in [5, 5.41) is 0. The zero-order chi connectivity index (χ0) is 6.15. The molecule has 2 radical (unpaired) electrons. The van der Waals surface area contributed by atoms with Crippen molar-refractivity contribution in [1.82, 2.24) is 0 Å². The van der Waals surface area contributed by atoms with Gasteiger partial charge in [-0.05, 0) is 0 Å². The Labute approximate surface area is 79.7 Å². The van der Waals surface area contributed by atoms with Gasteiger partial charge in [0.25, 0.3) is 0 Å². The molecule has 0 saturated carbocycles. The first-order valence-corrected chi connectivity index (χ1v) is 5.88. The summed E-state index contributed by atoms with van der Waals surface area (Å²) in [5.74, 6) is 0. The first-order valence-electron chi connectivity index (χ1n) is 1.68. The van der Waals surface area contributed by atoms with Gasteiger partial charge >= 0.3 is 80.5 Å². The molecule has 42 valence electrons. The van der Waals surface area contributed by atoms with Gasteiger partial charge in [0.15, 0.2) is 0 Å². The summed E-state index contributed by atoms with van der Waals surface area (Å²) >= 11 is 12.4. The zero-order valence-electron chi connectivity index (χ0n) is 3.54. The van der Waals surface area contributed by atoms with Gasteiger partial charge in [-0.3, -0.25) is 0 Å². The van der Waals surface area contributed by atoms with Crippen molar-refractivity contribution in [3.8, 4) is 0 Å².